The summed E-state index contributed by atoms with van der Waals surface area (Å²) in [6.45, 7) is 6.63. The van der Waals surface area contributed by atoms with Crippen molar-refractivity contribution in [3.05, 3.63) is 90.8 Å². The third kappa shape index (κ3) is 32.7. The number of aliphatic carboxylic acids is 2. The number of benzene rings is 1. The van der Waals surface area contributed by atoms with Gasteiger partial charge in [-0.3, -0.25) is 19.6 Å². The second-order valence-corrected chi connectivity index (χ2v) is 18.1. The zero-order chi connectivity index (χ0) is 46.8. The van der Waals surface area contributed by atoms with Gasteiger partial charge in [0.05, 0.1) is 22.8 Å². The van der Waals surface area contributed by atoms with Crippen molar-refractivity contribution in [1.82, 2.24) is 15.0 Å². The molecule has 4 aromatic rings. The maximum Gasteiger partial charge on any atom is 0.303 e. The minimum Gasteiger partial charge on any atom is -0.481 e. The van der Waals surface area contributed by atoms with Gasteiger partial charge in [-0.1, -0.05) is 236 Å². The molecular formula is C58H89CuN3O4. The minimum absolute atomic E-state index is 0. The number of unbranched alkanes of at least 4 members (excludes halogenated alkanes) is 28. The fourth-order valence-corrected chi connectivity index (χ4v) is 8.03. The first-order chi connectivity index (χ1) is 31.8. The molecule has 0 amide bonds. The Morgan fingerprint density at radius 3 is 0.970 bits per heavy atom. The van der Waals surface area contributed by atoms with Crippen LogP contribution in [0.2, 0.25) is 0 Å². The first kappa shape index (κ1) is 60.1. The Kier molecular flexibility index (Phi) is 38.7. The standard InChI is InChI=1S/C22H17N3.2C18H36O2.Cu/c1-16-8-10-17(11-9-16)18-14-21(19-6-2-4-12-23-19)25-22(15-18)20-7-3-5-13-24-20;2*1-2-3-4-5-6-7-8-9-10-11-12-13-14-15-16-17-18(19)20;/h2-15H,1H3;2*2-17H2,1H3,(H,19,20);. The molecule has 3 heterocycles. The van der Waals surface area contributed by atoms with E-state index in [1.165, 1.54) is 173 Å². The van der Waals surface area contributed by atoms with Crippen molar-refractivity contribution < 1.29 is 36.9 Å². The van der Waals surface area contributed by atoms with Crippen molar-refractivity contribution in [3.8, 4) is 33.9 Å². The van der Waals surface area contributed by atoms with Crippen molar-refractivity contribution in [3.63, 3.8) is 0 Å². The fourth-order valence-electron chi connectivity index (χ4n) is 8.03. The van der Waals surface area contributed by atoms with Crippen molar-refractivity contribution in [2.75, 3.05) is 0 Å². The van der Waals surface area contributed by atoms with Gasteiger partial charge in [0.25, 0.3) is 0 Å². The number of carboxylic acid groups (broad SMARTS) is 2. The van der Waals surface area contributed by atoms with E-state index in [4.69, 9.17) is 15.2 Å². The molecule has 371 valence electrons. The van der Waals surface area contributed by atoms with Crippen LogP contribution in [0.3, 0.4) is 0 Å². The summed E-state index contributed by atoms with van der Waals surface area (Å²) in [4.78, 5) is 34.4. The zero-order valence-corrected chi connectivity index (χ0v) is 42.5. The SMILES string of the molecule is CCCCCCCCCCCCCCCCCC(=O)O.CCCCCCCCCCCCCCCCCC(=O)O.Cc1ccc(-c2cc(-c3ccccn3)nc(-c3ccccn3)c2)cc1.[Cu]. The van der Waals surface area contributed by atoms with Gasteiger partial charge in [-0.25, -0.2) is 4.98 Å². The van der Waals surface area contributed by atoms with E-state index in [-0.39, 0.29) is 17.1 Å². The first-order valence-electron chi connectivity index (χ1n) is 26.2. The number of carbonyl (C=O) groups is 2. The first-order valence-corrected chi connectivity index (χ1v) is 26.2. The van der Waals surface area contributed by atoms with Gasteiger partial charge in [-0.2, -0.15) is 0 Å². The molecule has 8 heteroatoms. The van der Waals surface area contributed by atoms with Crippen LogP contribution in [0.25, 0.3) is 33.9 Å². The van der Waals surface area contributed by atoms with Crippen LogP contribution < -0.4 is 0 Å². The van der Waals surface area contributed by atoms with Crippen LogP contribution in [0, 0.1) is 6.92 Å². The number of carboxylic acids is 2. The predicted octanol–water partition coefficient (Wildman–Crippen LogP) is 17.8. The largest absolute Gasteiger partial charge is 0.481 e. The van der Waals surface area contributed by atoms with Crippen molar-refractivity contribution in [2.45, 2.75) is 226 Å². The van der Waals surface area contributed by atoms with E-state index in [1.807, 2.05) is 36.4 Å². The third-order valence-electron chi connectivity index (χ3n) is 12.1. The van der Waals surface area contributed by atoms with E-state index in [0.29, 0.717) is 12.8 Å². The summed E-state index contributed by atoms with van der Waals surface area (Å²) in [6, 6.07) is 24.4. The van der Waals surface area contributed by atoms with Crippen LogP contribution in [0.15, 0.2) is 85.2 Å². The summed E-state index contributed by atoms with van der Waals surface area (Å²) in [5.41, 5.74) is 6.91. The van der Waals surface area contributed by atoms with Gasteiger partial charge >= 0.3 is 11.9 Å². The number of hydrogen-bond donors (Lipinski definition) is 2. The molecule has 7 nitrogen and oxygen atoms in total. The Hall–Kier alpha value is -3.87. The summed E-state index contributed by atoms with van der Waals surface area (Å²) >= 11 is 0. The zero-order valence-electron chi connectivity index (χ0n) is 41.6. The predicted molar refractivity (Wildman–Crippen MR) is 275 cm³/mol. The molecule has 0 fully saturated rings. The molecule has 0 spiro atoms. The number of aryl methyl sites for hydroxylation is 1. The van der Waals surface area contributed by atoms with Crippen molar-refractivity contribution >= 4 is 11.9 Å². The Morgan fingerprint density at radius 2 is 0.697 bits per heavy atom. The van der Waals surface area contributed by atoms with Gasteiger partial charge in [0, 0.05) is 42.3 Å². The van der Waals surface area contributed by atoms with Crippen LogP contribution in [-0.2, 0) is 26.7 Å². The van der Waals surface area contributed by atoms with Gasteiger partial charge in [-0.15, -0.1) is 0 Å². The molecule has 0 aliphatic carbocycles. The van der Waals surface area contributed by atoms with Gasteiger partial charge in [0.2, 0.25) is 0 Å². The molecule has 0 saturated carbocycles. The number of aromatic nitrogens is 3. The number of hydrogen-bond acceptors (Lipinski definition) is 5. The van der Waals surface area contributed by atoms with E-state index < -0.39 is 11.9 Å². The molecule has 0 unspecified atom stereocenters. The smallest absolute Gasteiger partial charge is 0.303 e. The van der Waals surface area contributed by atoms with Gasteiger partial charge in [0.1, 0.15) is 0 Å². The second kappa shape index (κ2) is 42.5. The molecule has 0 bridgehead atoms. The molecule has 0 aliphatic heterocycles. The monoisotopic (exact) mass is 955 g/mol. The molecule has 1 radical (unpaired) electrons. The average Bonchev–Trinajstić information content (AvgIpc) is 3.32. The Labute approximate surface area is 412 Å². The van der Waals surface area contributed by atoms with Gasteiger partial charge < -0.3 is 10.2 Å². The van der Waals surface area contributed by atoms with E-state index >= 15 is 0 Å². The van der Waals surface area contributed by atoms with E-state index in [0.717, 1.165) is 59.6 Å². The van der Waals surface area contributed by atoms with Gasteiger partial charge in [0.15, 0.2) is 0 Å². The maximum absolute atomic E-state index is 10.3. The maximum atomic E-state index is 10.3. The topological polar surface area (TPSA) is 113 Å². The average molecular weight is 956 g/mol. The summed E-state index contributed by atoms with van der Waals surface area (Å²) in [5.74, 6) is -1.31. The molecule has 2 N–H and O–H groups in total. The summed E-state index contributed by atoms with van der Waals surface area (Å²) < 4.78 is 0. The second-order valence-electron chi connectivity index (χ2n) is 18.1. The molecule has 66 heavy (non-hydrogen) atoms. The van der Waals surface area contributed by atoms with Crippen LogP contribution in [0.5, 0.6) is 0 Å². The van der Waals surface area contributed by atoms with Crippen LogP contribution >= 0.6 is 0 Å². The molecule has 3 aromatic heterocycles. The Morgan fingerprint density at radius 1 is 0.394 bits per heavy atom. The Bertz CT molecular complexity index is 1620. The molecule has 1 aromatic carbocycles. The molecule has 4 rings (SSSR count). The normalized spacial score (nSPS) is 10.6. The number of rotatable bonds is 35. The van der Waals surface area contributed by atoms with E-state index in [2.05, 4.69) is 67.1 Å². The van der Waals surface area contributed by atoms with Crippen molar-refractivity contribution in [1.29, 1.82) is 0 Å². The third-order valence-corrected chi connectivity index (χ3v) is 12.1. The van der Waals surface area contributed by atoms with Gasteiger partial charge in [-0.05, 0) is 67.3 Å². The molecular weight excluding hydrogens is 866 g/mol. The number of nitrogens with zero attached hydrogens (tertiary/aromatic N) is 3. The molecule has 0 aliphatic rings. The van der Waals surface area contributed by atoms with E-state index in [1.54, 1.807) is 12.4 Å². The molecule has 0 atom stereocenters. The van der Waals surface area contributed by atoms with E-state index in [9.17, 15) is 9.59 Å². The minimum atomic E-state index is -0.653. The van der Waals surface area contributed by atoms with Crippen LogP contribution in [0.4, 0.5) is 0 Å². The summed E-state index contributed by atoms with van der Waals surface area (Å²) in [7, 11) is 0. The summed E-state index contributed by atoms with van der Waals surface area (Å²) in [6.07, 6.45) is 44.0. The summed E-state index contributed by atoms with van der Waals surface area (Å²) in [5, 5.41) is 17.0. The van der Waals surface area contributed by atoms with Crippen LogP contribution in [0.1, 0.15) is 225 Å². The molecule has 0 saturated heterocycles. The Balaban J connectivity index is 0.000000498. The van der Waals surface area contributed by atoms with Crippen LogP contribution in [-0.4, -0.2) is 37.1 Å². The fraction of sp³-hybridized carbons (Fsp3) is 0.603. The quantitative estimate of drug-likeness (QED) is 0.0349. The number of pyridine rings is 3. The van der Waals surface area contributed by atoms with Crippen molar-refractivity contribution in [2.24, 2.45) is 0 Å².